The summed E-state index contributed by atoms with van der Waals surface area (Å²) < 4.78 is 7.43. The molecule has 0 fully saturated rings. The lowest BCUT2D eigenvalue weighted by Crippen LogP contribution is -2.18. The average molecular weight is 429 g/mol. The maximum atomic E-state index is 12.3. The van der Waals surface area contributed by atoms with Crippen molar-refractivity contribution in [2.24, 2.45) is 5.10 Å². The number of phenols is 1. The predicted octanol–water partition coefficient (Wildman–Crippen LogP) is 3.17. The number of amides is 1. The third-order valence-corrected chi connectivity index (χ3v) is 4.31. The Morgan fingerprint density at radius 2 is 2.22 bits per heavy atom. The molecule has 7 nitrogen and oxygen atoms in total. The second kappa shape index (κ2) is 8.50. The zero-order valence-corrected chi connectivity index (χ0v) is 16.0. The van der Waals surface area contributed by atoms with Gasteiger partial charge in [0.05, 0.1) is 24.3 Å². The standard InChI is InChI=1S/C19H17BrN4O3/c1-27-18-16(20)9-14(10-17(18)25)11-21-23-19(26)15-5-2-4-13(8-15)12-24-7-3-6-22-24/h2-11,25H,12H2,1H3,(H,23,26)/b21-11+. The van der Waals surface area contributed by atoms with Gasteiger partial charge in [0.2, 0.25) is 0 Å². The molecule has 8 heteroatoms. The summed E-state index contributed by atoms with van der Waals surface area (Å²) in [5.74, 6) is -0.0125. The van der Waals surface area contributed by atoms with E-state index in [1.165, 1.54) is 19.4 Å². The van der Waals surface area contributed by atoms with Crippen LogP contribution in [0.1, 0.15) is 21.5 Å². The van der Waals surface area contributed by atoms with E-state index in [-0.39, 0.29) is 11.7 Å². The fourth-order valence-corrected chi connectivity index (χ4v) is 3.13. The molecule has 0 saturated heterocycles. The molecule has 0 saturated carbocycles. The van der Waals surface area contributed by atoms with E-state index in [4.69, 9.17) is 4.74 Å². The van der Waals surface area contributed by atoms with Gasteiger partial charge in [-0.15, -0.1) is 0 Å². The molecule has 27 heavy (non-hydrogen) atoms. The molecule has 1 amide bonds. The van der Waals surface area contributed by atoms with Crippen LogP contribution in [0.25, 0.3) is 0 Å². The molecule has 138 valence electrons. The van der Waals surface area contributed by atoms with Crippen molar-refractivity contribution in [2.45, 2.75) is 6.54 Å². The fourth-order valence-electron chi connectivity index (χ4n) is 2.50. The number of carbonyl (C=O) groups is 1. The van der Waals surface area contributed by atoms with Crippen LogP contribution in [0.2, 0.25) is 0 Å². The fraction of sp³-hybridized carbons (Fsp3) is 0.105. The van der Waals surface area contributed by atoms with Gasteiger partial charge in [-0.3, -0.25) is 9.48 Å². The van der Waals surface area contributed by atoms with Crippen LogP contribution in [0.3, 0.4) is 0 Å². The first-order chi connectivity index (χ1) is 13.1. The van der Waals surface area contributed by atoms with Gasteiger partial charge in [-0.05, 0) is 57.4 Å². The highest BCUT2D eigenvalue weighted by molar-refractivity contribution is 9.10. The molecule has 0 spiro atoms. The van der Waals surface area contributed by atoms with E-state index in [0.717, 1.165) is 5.56 Å². The summed E-state index contributed by atoms with van der Waals surface area (Å²) in [7, 11) is 1.47. The topological polar surface area (TPSA) is 88.7 Å². The summed E-state index contributed by atoms with van der Waals surface area (Å²) in [6.07, 6.45) is 5.01. The molecule has 0 aliphatic heterocycles. The van der Waals surface area contributed by atoms with Crippen molar-refractivity contribution in [3.8, 4) is 11.5 Å². The van der Waals surface area contributed by atoms with Gasteiger partial charge in [0, 0.05) is 18.0 Å². The lowest BCUT2D eigenvalue weighted by Gasteiger charge is -2.07. The molecule has 0 atom stereocenters. The molecule has 1 heterocycles. The lowest BCUT2D eigenvalue weighted by molar-refractivity contribution is 0.0955. The van der Waals surface area contributed by atoms with E-state index in [1.54, 1.807) is 29.1 Å². The second-order valence-electron chi connectivity index (χ2n) is 5.66. The molecule has 1 aromatic heterocycles. The Kier molecular flexibility index (Phi) is 5.87. The van der Waals surface area contributed by atoms with Gasteiger partial charge in [0.1, 0.15) is 0 Å². The Labute approximate surface area is 164 Å². The number of phenolic OH excluding ortho intramolecular Hbond substituents is 1. The maximum absolute atomic E-state index is 12.3. The molecule has 3 aromatic rings. The average Bonchev–Trinajstić information content (AvgIpc) is 3.14. The smallest absolute Gasteiger partial charge is 0.271 e. The molecule has 0 unspecified atom stereocenters. The van der Waals surface area contributed by atoms with Crippen molar-refractivity contribution < 1.29 is 14.6 Å². The quantitative estimate of drug-likeness (QED) is 0.466. The molecule has 0 aliphatic carbocycles. The summed E-state index contributed by atoms with van der Waals surface area (Å²) in [6, 6.07) is 12.3. The van der Waals surface area contributed by atoms with Crippen LogP contribution in [0.15, 0.2) is 64.4 Å². The zero-order valence-electron chi connectivity index (χ0n) is 14.5. The highest BCUT2D eigenvalue weighted by Crippen LogP contribution is 2.34. The number of aromatic nitrogens is 2. The van der Waals surface area contributed by atoms with Crippen LogP contribution in [0, 0.1) is 0 Å². The summed E-state index contributed by atoms with van der Waals surface area (Å²) in [6.45, 7) is 0.580. The first kappa shape index (κ1) is 18.7. The van der Waals surface area contributed by atoms with Crippen LogP contribution in [-0.2, 0) is 6.54 Å². The van der Waals surface area contributed by atoms with Crippen molar-refractivity contribution in [2.75, 3.05) is 7.11 Å². The number of hydrogen-bond donors (Lipinski definition) is 2. The summed E-state index contributed by atoms with van der Waals surface area (Å²) in [4.78, 5) is 12.3. The monoisotopic (exact) mass is 428 g/mol. The van der Waals surface area contributed by atoms with Crippen LogP contribution >= 0.6 is 15.9 Å². The Hall–Kier alpha value is -3.13. The molecule has 3 rings (SSSR count). The highest BCUT2D eigenvalue weighted by atomic mass is 79.9. The number of rotatable bonds is 6. The minimum atomic E-state index is -0.328. The maximum Gasteiger partial charge on any atom is 0.271 e. The SMILES string of the molecule is COc1c(O)cc(/C=N/NC(=O)c2cccc(Cn3cccn3)c2)cc1Br. The number of ether oxygens (including phenoxy) is 1. The molecule has 0 bridgehead atoms. The number of nitrogens with zero attached hydrogens (tertiary/aromatic N) is 3. The van der Waals surface area contributed by atoms with Gasteiger partial charge in [-0.25, -0.2) is 5.43 Å². The number of aromatic hydroxyl groups is 1. The third-order valence-electron chi connectivity index (χ3n) is 3.72. The predicted molar refractivity (Wildman–Crippen MR) is 105 cm³/mol. The Morgan fingerprint density at radius 1 is 1.37 bits per heavy atom. The van der Waals surface area contributed by atoms with E-state index in [0.29, 0.717) is 27.9 Å². The van der Waals surface area contributed by atoms with Gasteiger partial charge in [-0.2, -0.15) is 10.2 Å². The molecule has 0 aliphatic rings. The van der Waals surface area contributed by atoms with Crippen molar-refractivity contribution >= 4 is 28.1 Å². The zero-order chi connectivity index (χ0) is 19.2. The summed E-state index contributed by atoms with van der Waals surface area (Å²) in [5, 5.41) is 18.0. The van der Waals surface area contributed by atoms with Gasteiger partial charge in [-0.1, -0.05) is 12.1 Å². The number of nitrogens with one attached hydrogen (secondary N) is 1. The Morgan fingerprint density at radius 3 is 2.93 bits per heavy atom. The van der Waals surface area contributed by atoms with E-state index in [2.05, 4.69) is 31.6 Å². The third kappa shape index (κ3) is 4.73. The normalized spacial score (nSPS) is 10.9. The number of benzene rings is 2. The van der Waals surface area contributed by atoms with Crippen LogP contribution in [0.5, 0.6) is 11.5 Å². The number of hydrogen-bond acceptors (Lipinski definition) is 5. The van der Waals surface area contributed by atoms with Crippen molar-refractivity contribution in [3.05, 3.63) is 76.0 Å². The Bertz CT molecular complexity index is 948. The first-order valence-electron chi connectivity index (χ1n) is 8.03. The molecule has 2 N–H and O–H groups in total. The van der Waals surface area contributed by atoms with Crippen LogP contribution < -0.4 is 10.2 Å². The summed E-state index contributed by atoms with van der Waals surface area (Å²) >= 11 is 3.31. The van der Waals surface area contributed by atoms with E-state index in [1.807, 2.05) is 24.4 Å². The van der Waals surface area contributed by atoms with Crippen molar-refractivity contribution in [1.82, 2.24) is 15.2 Å². The first-order valence-corrected chi connectivity index (χ1v) is 8.82. The van der Waals surface area contributed by atoms with Gasteiger partial charge < -0.3 is 9.84 Å². The van der Waals surface area contributed by atoms with E-state index >= 15 is 0 Å². The largest absolute Gasteiger partial charge is 0.504 e. The van der Waals surface area contributed by atoms with Gasteiger partial charge in [0.25, 0.3) is 5.91 Å². The minimum Gasteiger partial charge on any atom is -0.504 e. The van der Waals surface area contributed by atoms with Crippen molar-refractivity contribution in [1.29, 1.82) is 0 Å². The lowest BCUT2D eigenvalue weighted by atomic mass is 10.1. The summed E-state index contributed by atoms with van der Waals surface area (Å²) in [5.41, 5.74) is 4.54. The number of hydrazone groups is 1. The van der Waals surface area contributed by atoms with Gasteiger partial charge in [0.15, 0.2) is 11.5 Å². The number of carbonyl (C=O) groups excluding carboxylic acids is 1. The molecule has 0 radical (unpaired) electrons. The number of halogens is 1. The van der Waals surface area contributed by atoms with Crippen molar-refractivity contribution in [3.63, 3.8) is 0 Å². The minimum absolute atomic E-state index is 0.0222. The highest BCUT2D eigenvalue weighted by Gasteiger charge is 2.08. The molecular formula is C19H17BrN4O3. The second-order valence-corrected chi connectivity index (χ2v) is 6.51. The molecule has 2 aromatic carbocycles. The van der Waals surface area contributed by atoms with E-state index in [9.17, 15) is 9.90 Å². The van der Waals surface area contributed by atoms with E-state index < -0.39 is 0 Å². The number of methoxy groups -OCH3 is 1. The molecular weight excluding hydrogens is 412 g/mol. The van der Waals surface area contributed by atoms with Crippen LogP contribution in [0.4, 0.5) is 0 Å². The van der Waals surface area contributed by atoms with Gasteiger partial charge >= 0.3 is 0 Å². The van der Waals surface area contributed by atoms with Crippen LogP contribution in [-0.4, -0.2) is 34.1 Å². The Balaban J connectivity index is 1.66.